The molecule has 0 spiro atoms. The minimum Gasteiger partial charge on any atom is -0.461 e. The van der Waals surface area contributed by atoms with Crippen molar-refractivity contribution in [2.24, 2.45) is 0 Å². The van der Waals surface area contributed by atoms with Crippen LogP contribution in [0.2, 0.25) is 0 Å². The lowest BCUT2D eigenvalue weighted by Gasteiger charge is -2.15. The molecule has 3 aromatic rings. The molecule has 0 aromatic heterocycles. The molecule has 0 saturated heterocycles. The van der Waals surface area contributed by atoms with Gasteiger partial charge in [-0.1, -0.05) is 18.2 Å². The summed E-state index contributed by atoms with van der Waals surface area (Å²) < 4.78 is 59.6. The number of fused-ring (bicyclic) bond motifs is 1. The van der Waals surface area contributed by atoms with Crippen LogP contribution >= 0.6 is 10.8 Å². The molecule has 1 aliphatic rings. The van der Waals surface area contributed by atoms with Gasteiger partial charge in [-0.15, -0.1) is 20.2 Å². The third-order valence-corrected chi connectivity index (χ3v) is 11.1. The molecule has 3 aromatic carbocycles. The summed E-state index contributed by atoms with van der Waals surface area (Å²) in [4.78, 5) is 69.6. The summed E-state index contributed by atoms with van der Waals surface area (Å²) >= 11 is 0. The van der Waals surface area contributed by atoms with Crippen LogP contribution in [-0.4, -0.2) is 78.2 Å². The molecule has 1 N–H and O–H groups in total. The van der Waals surface area contributed by atoms with E-state index in [4.69, 9.17) is 9.47 Å². The zero-order valence-corrected chi connectivity index (χ0v) is 31.6. The number of nitrogens with zero attached hydrogens (tertiary/aromatic N) is 2. The van der Waals surface area contributed by atoms with Crippen molar-refractivity contribution < 1.29 is 60.7 Å². The van der Waals surface area contributed by atoms with Gasteiger partial charge in [0.25, 0.3) is 10.2 Å². The SMILES string of the molecule is CC1=C(CC(=O)Nc2ccc(OC(=O)CC(CO[N+](=O)[O-])O[N+](=O)[O-])c(C(=O)OCCSS(C)(=O)=O)c2)c2cc(F)ccc2/C1=C\c1ccc(S(C)=O)cc1. The normalized spacial score (nSPS) is 14.1. The summed E-state index contributed by atoms with van der Waals surface area (Å²) in [5, 5.41) is 21.5. The first kappa shape index (κ1) is 42.1. The van der Waals surface area contributed by atoms with E-state index in [1.54, 1.807) is 43.5 Å². The highest BCUT2D eigenvalue weighted by atomic mass is 33.1. The molecule has 17 nitrogen and oxygen atoms in total. The van der Waals surface area contributed by atoms with Crippen molar-refractivity contribution in [2.45, 2.75) is 30.8 Å². The standard InChI is InChI=1S/C34H32FN3O14S3/c1-20-27(14-21-4-8-25(9-5-21)54(2)46)26-10-6-22(35)15-29(26)28(20)18-32(39)36-23-7-11-31(30(16-23)34(41)49-12-13-53-55(3,47)48)51-33(40)17-24(52-38(44)45)19-50-37(42)43/h4-11,14-16,24H,12-13,17-19H2,1-3H3,(H,36,39)/b27-14-. The van der Waals surface area contributed by atoms with Crippen molar-refractivity contribution in [3.8, 4) is 5.75 Å². The second-order valence-electron chi connectivity index (χ2n) is 11.6. The number of allylic oxidation sites excluding steroid dienone is 2. The number of carbonyl (C=O) groups is 3. The van der Waals surface area contributed by atoms with E-state index >= 15 is 0 Å². The van der Waals surface area contributed by atoms with Gasteiger partial charge in [0.1, 0.15) is 36.4 Å². The molecular formula is C34H32FN3O14S3. The predicted molar refractivity (Wildman–Crippen MR) is 198 cm³/mol. The van der Waals surface area contributed by atoms with Crippen LogP contribution in [0, 0.1) is 26.0 Å². The van der Waals surface area contributed by atoms with Crippen molar-refractivity contribution >= 4 is 71.2 Å². The monoisotopic (exact) mass is 821 g/mol. The van der Waals surface area contributed by atoms with E-state index in [0.29, 0.717) is 38.0 Å². The van der Waals surface area contributed by atoms with E-state index in [2.05, 4.69) is 15.0 Å². The number of anilines is 1. The molecule has 0 heterocycles. The van der Waals surface area contributed by atoms with Gasteiger partial charge in [0.2, 0.25) is 5.91 Å². The molecule has 1 aliphatic carbocycles. The number of hydrogen-bond donors (Lipinski definition) is 1. The minimum atomic E-state index is -3.46. The van der Waals surface area contributed by atoms with Gasteiger partial charge in [0, 0.05) is 39.6 Å². The van der Waals surface area contributed by atoms with E-state index in [1.807, 2.05) is 6.08 Å². The van der Waals surface area contributed by atoms with Gasteiger partial charge in [-0.25, -0.2) is 17.6 Å². The van der Waals surface area contributed by atoms with Crippen LogP contribution in [-0.2, 0) is 43.7 Å². The number of carbonyl (C=O) groups excluding carboxylic acids is 3. The maximum Gasteiger partial charge on any atom is 0.342 e. The number of amides is 1. The lowest BCUT2D eigenvalue weighted by Crippen LogP contribution is -2.29. The third kappa shape index (κ3) is 12.4. The number of ether oxygens (including phenoxy) is 2. The van der Waals surface area contributed by atoms with Crippen molar-refractivity contribution in [2.75, 3.05) is 36.8 Å². The fraction of sp³-hybridized carbons (Fsp3) is 0.265. The summed E-state index contributed by atoms with van der Waals surface area (Å²) in [5.41, 5.74) is 3.52. The molecule has 21 heteroatoms. The van der Waals surface area contributed by atoms with Crippen molar-refractivity contribution in [1.82, 2.24) is 0 Å². The maximum atomic E-state index is 14.5. The Hall–Kier alpha value is -5.67. The maximum absolute atomic E-state index is 14.5. The van der Waals surface area contributed by atoms with Gasteiger partial charge < -0.3 is 24.5 Å². The summed E-state index contributed by atoms with van der Waals surface area (Å²) in [6, 6.07) is 14.8. The van der Waals surface area contributed by atoms with E-state index < -0.39 is 83.9 Å². The average molecular weight is 822 g/mol. The zero-order chi connectivity index (χ0) is 40.4. The Kier molecular flexibility index (Phi) is 14.2. The lowest BCUT2D eigenvalue weighted by atomic mass is 10.0. The Labute approximate surface area is 318 Å². The molecule has 55 heavy (non-hydrogen) atoms. The summed E-state index contributed by atoms with van der Waals surface area (Å²) in [6.45, 7) is 0.394. The molecule has 0 fully saturated rings. The fourth-order valence-electron chi connectivity index (χ4n) is 5.27. The highest BCUT2D eigenvalue weighted by molar-refractivity contribution is 8.71. The van der Waals surface area contributed by atoms with E-state index in [1.165, 1.54) is 18.2 Å². The van der Waals surface area contributed by atoms with Crippen LogP contribution in [0.1, 0.15) is 46.8 Å². The second-order valence-corrected chi connectivity index (χ2v) is 17.6. The van der Waals surface area contributed by atoms with E-state index in [0.717, 1.165) is 29.5 Å². The second kappa shape index (κ2) is 18.6. The summed E-state index contributed by atoms with van der Waals surface area (Å²) in [5.74, 6) is -4.03. The van der Waals surface area contributed by atoms with Crippen LogP contribution in [0.5, 0.6) is 5.75 Å². The number of hydrogen-bond acceptors (Lipinski definition) is 15. The van der Waals surface area contributed by atoms with Crippen LogP contribution in [0.15, 0.2) is 71.1 Å². The van der Waals surface area contributed by atoms with Crippen molar-refractivity contribution in [3.05, 3.63) is 115 Å². The Bertz CT molecular complexity index is 2210. The number of halogens is 1. The predicted octanol–water partition coefficient (Wildman–Crippen LogP) is 4.85. The highest BCUT2D eigenvalue weighted by Gasteiger charge is 2.27. The highest BCUT2D eigenvalue weighted by Crippen LogP contribution is 2.44. The first-order valence-electron chi connectivity index (χ1n) is 15.8. The van der Waals surface area contributed by atoms with Gasteiger partial charge in [-0.3, -0.25) is 13.8 Å². The first-order valence-corrected chi connectivity index (χ1v) is 20.8. The Morgan fingerprint density at radius 3 is 2.36 bits per heavy atom. The van der Waals surface area contributed by atoms with E-state index in [9.17, 15) is 51.6 Å². The zero-order valence-electron chi connectivity index (χ0n) is 29.2. The summed E-state index contributed by atoms with van der Waals surface area (Å²) in [7, 11) is -4.12. The van der Waals surface area contributed by atoms with Gasteiger partial charge in [0.05, 0.1) is 12.8 Å². The molecule has 0 bridgehead atoms. The average Bonchev–Trinajstić information content (AvgIpc) is 3.34. The molecule has 292 valence electrons. The molecule has 2 unspecified atom stereocenters. The Balaban J connectivity index is 1.58. The van der Waals surface area contributed by atoms with Gasteiger partial charge in [-0.2, -0.15) is 0 Å². The number of nitrogens with one attached hydrogen (secondary N) is 1. The molecule has 0 saturated carbocycles. The molecular weight excluding hydrogens is 790 g/mol. The molecule has 1 amide bonds. The smallest absolute Gasteiger partial charge is 0.342 e. The van der Waals surface area contributed by atoms with Crippen molar-refractivity contribution in [1.29, 1.82) is 0 Å². The third-order valence-electron chi connectivity index (χ3n) is 7.63. The fourth-order valence-corrected chi connectivity index (χ4v) is 7.35. The lowest BCUT2D eigenvalue weighted by molar-refractivity contribution is -0.789. The van der Waals surface area contributed by atoms with Gasteiger partial charge in [-0.05, 0) is 99.7 Å². The minimum absolute atomic E-state index is 0.0242. The molecule has 0 aliphatic heterocycles. The van der Waals surface area contributed by atoms with Crippen LogP contribution < -0.4 is 10.1 Å². The van der Waals surface area contributed by atoms with Gasteiger partial charge >= 0.3 is 11.9 Å². The number of esters is 2. The number of rotatable bonds is 18. The number of benzene rings is 3. The van der Waals surface area contributed by atoms with E-state index in [-0.39, 0.29) is 24.5 Å². The largest absolute Gasteiger partial charge is 0.461 e. The van der Waals surface area contributed by atoms with Gasteiger partial charge in [0.15, 0.2) is 8.87 Å². The topological polar surface area (TPSA) is 238 Å². The quantitative estimate of drug-likeness (QED) is 0.0451. The van der Waals surface area contributed by atoms with Crippen LogP contribution in [0.25, 0.3) is 17.2 Å². The Morgan fingerprint density at radius 1 is 1.02 bits per heavy atom. The molecule has 0 radical (unpaired) electrons. The molecule has 4 rings (SSSR count). The van der Waals surface area contributed by atoms with Crippen molar-refractivity contribution in [3.63, 3.8) is 0 Å². The summed E-state index contributed by atoms with van der Waals surface area (Å²) in [6.07, 6.45) is 1.47. The van der Waals surface area contributed by atoms with Crippen LogP contribution in [0.3, 0.4) is 0 Å². The first-order chi connectivity index (χ1) is 25.9. The van der Waals surface area contributed by atoms with Crippen LogP contribution in [0.4, 0.5) is 10.1 Å². The Morgan fingerprint density at radius 2 is 1.73 bits per heavy atom. The molecule has 2 atom stereocenters.